The van der Waals surface area contributed by atoms with Gasteiger partial charge in [-0.25, -0.2) is 4.98 Å². The maximum Gasteiger partial charge on any atom is 0.258 e. The van der Waals surface area contributed by atoms with Crippen LogP contribution < -0.4 is 5.32 Å². The first-order chi connectivity index (χ1) is 10.2. The van der Waals surface area contributed by atoms with E-state index in [1.807, 2.05) is 12.1 Å². The number of aromatic nitrogens is 1. The van der Waals surface area contributed by atoms with Gasteiger partial charge < -0.3 is 10.4 Å². The van der Waals surface area contributed by atoms with Gasteiger partial charge in [0.15, 0.2) is 0 Å². The van der Waals surface area contributed by atoms with E-state index in [1.165, 1.54) is 0 Å². The summed E-state index contributed by atoms with van der Waals surface area (Å²) in [6.45, 7) is 0.159. The predicted molar refractivity (Wildman–Crippen MR) is 86.9 cm³/mol. The van der Waals surface area contributed by atoms with Crippen LogP contribution >= 0.6 is 23.4 Å². The van der Waals surface area contributed by atoms with E-state index in [2.05, 4.69) is 10.3 Å². The Kier molecular flexibility index (Phi) is 6.04. The minimum atomic E-state index is -0.284. The summed E-state index contributed by atoms with van der Waals surface area (Å²) in [5.74, 6) is 1.65. The lowest BCUT2D eigenvalue weighted by atomic mass is 10.2. The molecule has 0 saturated heterocycles. The molecule has 2 rings (SSSR count). The van der Waals surface area contributed by atoms with Crippen molar-refractivity contribution in [3.8, 4) is 0 Å². The topological polar surface area (TPSA) is 62.2 Å². The van der Waals surface area contributed by atoms with E-state index in [-0.39, 0.29) is 12.5 Å². The van der Waals surface area contributed by atoms with Crippen molar-refractivity contribution >= 4 is 35.1 Å². The number of benzene rings is 1. The molecule has 0 bridgehead atoms. The van der Waals surface area contributed by atoms with Crippen LogP contribution in [-0.4, -0.2) is 28.4 Å². The Morgan fingerprint density at radius 3 is 2.90 bits per heavy atom. The average Bonchev–Trinajstić information content (AvgIpc) is 2.48. The van der Waals surface area contributed by atoms with Crippen LogP contribution in [0.1, 0.15) is 15.9 Å². The number of amides is 1. The highest BCUT2D eigenvalue weighted by Gasteiger charge is 2.10. The summed E-state index contributed by atoms with van der Waals surface area (Å²) in [5, 5.41) is 11.9. The Labute approximate surface area is 132 Å². The van der Waals surface area contributed by atoms with Crippen LogP contribution in [0.2, 0.25) is 5.02 Å². The molecule has 1 amide bonds. The number of nitrogens with zero attached hydrogens (tertiary/aromatic N) is 1. The normalized spacial score (nSPS) is 10.4. The van der Waals surface area contributed by atoms with Crippen LogP contribution in [0.4, 0.5) is 5.82 Å². The molecule has 0 spiro atoms. The minimum absolute atomic E-state index is 0.159. The Bertz CT molecular complexity index is 622. The van der Waals surface area contributed by atoms with Gasteiger partial charge in [-0.2, -0.15) is 11.8 Å². The number of anilines is 1. The van der Waals surface area contributed by atoms with Gasteiger partial charge in [0, 0.05) is 17.7 Å². The second-order valence-corrected chi connectivity index (χ2v) is 5.77. The van der Waals surface area contributed by atoms with Crippen molar-refractivity contribution in [3.05, 3.63) is 58.7 Å². The summed E-state index contributed by atoms with van der Waals surface area (Å²) < 4.78 is 0. The molecule has 110 valence electrons. The number of hydrogen-bond acceptors (Lipinski definition) is 4. The molecule has 1 aromatic carbocycles. The fraction of sp³-hybridized carbons (Fsp3) is 0.200. The fourth-order valence-electron chi connectivity index (χ4n) is 1.72. The van der Waals surface area contributed by atoms with Gasteiger partial charge in [-0.05, 0) is 29.8 Å². The molecule has 2 N–H and O–H groups in total. The Balaban J connectivity index is 2.04. The number of hydrogen-bond donors (Lipinski definition) is 2. The van der Waals surface area contributed by atoms with Crippen LogP contribution in [0, 0.1) is 0 Å². The predicted octanol–water partition coefficient (Wildman–Crippen LogP) is 3.21. The summed E-state index contributed by atoms with van der Waals surface area (Å²) in [5.41, 5.74) is 1.46. The molecule has 0 saturated carbocycles. The monoisotopic (exact) mass is 322 g/mol. The Morgan fingerprint density at radius 2 is 2.14 bits per heavy atom. The second-order valence-electron chi connectivity index (χ2n) is 4.26. The van der Waals surface area contributed by atoms with Gasteiger partial charge in [0.25, 0.3) is 5.91 Å². The van der Waals surface area contributed by atoms with Crippen LogP contribution in [0.25, 0.3) is 0 Å². The maximum absolute atomic E-state index is 12.1. The average molecular weight is 323 g/mol. The molecule has 1 aromatic heterocycles. The van der Waals surface area contributed by atoms with Crippen molar-refractivity contribution in [1.82, 2.24) is 4.98 Å². The van der Waals surface area contributed by atoms with Crippen molar-refractivity contribution < 1.29 is 9.90 Å². The molecule has 6 heteroatoms. The fourth-order valence-corrected chi connectivity index (χ4v) is 2.63. The molecule has 0 fully saturated rings. The smallest absolute Gasteiger partial charge is 0.258 e. The first-order valence-electron chi connectivity index (χ1n) is 6.40. The number of aliphatic hydroxyl groups is 1. The van der Waals surface area contributed by atoms with Gasteiger partial charge >= 0.3 is 0 Å². The van der Waals surface area contributed by atoms with Crippen LogP contribution in [0.5, 0.6) is 0 Å². The minimum Gasteiger partial charge on any atom is -0.396 e. The summed E-state index contributed by atoms with van der Waals surface area (Å²) >= 11 is 7.61. The molecule has 21 heavy (non-hydrogen) atoms. The zero-order chi connectivity index (χ0) is 15.1. The van der Waals surface area contributed by atoms with Gasteiger partial charge in [-0.15, -0.1) is 0 Å². The zero-order valence-corrected chi connectivity index (χ0v) is 12.8. The highest BCUT2D eigenvalue weighted by Crippen LogP contribution is 2.18. The summed E-state index contributed by atoms with van der Waals surface area (Å²) in [6, 6.07) is 10.6. The lowest BCUT2D eigenvalue weighted by molar-refractivity contribution is 0.102. The van der Waals surface area contributed by atoms with Gasteiger partial charge in [0.2, 0.25) is 0 Å². The number of rotatable bonds is 6. The van der Waals surface area contributed by atoms with Crippen molar-refractivity contribution in [2.24, 2.45) is 0 Å². The molecular formula is C15H15ClN2O2S. The zero-order valence-electron chi connectivity index (χ0n) is 11.3. The highest BCUT2D eigenvalue weighted by atomic mass is 35.5. The molecule has 4 nitrogen and oxygen atoms in total. The number of nitrogens with one attached hydrogen (secondary N) is 1. The van der Waals surface area contributed by atoms with E-state index in [9.17, 15) is 4.79 Å². The lowest BCUT2D eigenvalue weighted by Crippen LogP contribution is -2.13. The molecule has 1 heterocycles. The third kappa shape index (κ3) is 4.74. The first-order valence-corrected chi connectivity index (χ1v) is 7.93. The molecule has 0 aliphatic rings. The van der Waals surface area contributed by atoms with Crippen LogP contribution in [0.3, 0.4) is 0 Å². The largest absolute Gasteiger partial charge is 0.396 e. The van der Waals surface area contributed by atoms with E-state index in [0.29, 0.717) is 22.2 Å². The SMILES string of the molecule is O=C(Nc1cc(CSCCO)ccn1)c1ccccc1Cl. The Hall–Kier alpha value is -1.56. The van der Waals surface area contributed by atoms with Gasteiger partial charge in [0.1, 0.15) is 5.82 Å². The van der Waals surface area contributed by atoms with Crippen LogP contribution in [0.15, 0.2) is 42.6 Å². The standard InChI is InChI=1S/C15H15ClN2O2S/c16-13-4-2-1-3-12(13)15(20)18-14-9-11(5-6-17-14)10-21-8-7-19/h1-6,9,19H,7-8,10H2,(H,17,18,20). The second kappa shape index (κ2) is 8.02. The van der Waals surface area contributed by atoms with Gasteiger partial charge in [0.05, 0.1) is 17.2 Å². The van der Waals surface area contributed by atoms with Crippen molar-refractivity contribution in [1.29, 1.82) is 0 Å². The van der Waals surface area contributed by atoms with Gasteiger partial charge in [-0.1, -0.05) is 23.7 Å². The third-order valence-corrected chi connectivity index (χ3v) is 4.03. The number of carbonyl (C=O) groups is 1. The molecule has 0 unspecified atom stereocenters. The number of thioether (sulfide) groups is 1. The summed E-state index contributed by atoms with van der Waals surface area (Å²) in [7, 11) is 0. The summed E-state index contributed by atoms with van der Waals surface area (Å²) in [4.78, 5) is 16.3. The van der Waals surface area contributed by atoms with E-state index in [4.69, 9.17) is 16.7 Å². The molecule has 0 radical (unpaired) electrons. The van der Waals surface area contributed by atoms with Crippen LogP contribution in [-0.2, 0) is 5.75 Å². The van der Waals surface area contributed by atoms with Crippen molar-refractivity contribution in [2.45, 2.75) is 5.75 Å². The van der Waals surface area contributed by atoms with E-state index in [0.717, 1.165) is 11.3 Å². The van der Waals surface area contributed by atoms with Gasteiger partial charge in [-0.3, -0.25) is 4.79 Å². The number of aliphatic hydroxyl groups excluding tert-OH is 1. The molecule has 0 aliphatic heterocycles. The van der Waals surface area contributed by atoms with E-state index >= 15 is 0 Å². The number of pyridine rings is 1. The Morgan fingerprint density at radius 1 is 1.33 bits per heavy atom. The molecule has 2 aromatic rings. The first kappa shape index (κ1) is 15.8. The van der Waals surface area contributed by atoms with Crippen molar-refractivity contribution in [2.75, 3.05) is 17.7 Å². The molecule has 0 atom stereocenters. The molecule has 0 aliphatic carbocycles. The lowest BCUT2D eigenvalue weighted by Gasteiger charge is -2.07. The maximum atomic E-state index is 12.1. The highest BCUT2D eigenvalue weighted by molar-refractivity contribution is 7.98. The van der Waals surface area contributed by atoms with E-state index < -0.39 is 0 Å². The number of halogens is 1. The molecular weight excluding hydrogens is 308 g/mol. The quantitative estimate of drug-likeness (QED) is 0.802. The third-order valence-electron chi connectivity index (χ3n) is 2.69. The summed E-state index contributed by atoms with van der Waals surface area (Å²) in [6.07, 6.45) is 1.65. The van der Waals surface area contributed by atoms with E-state index in [1.54, 1.807) is 42.2 Å². The number of carbonyl (C=O) groups excluding carboxylic acids is 1. The van der Waals surface area contributed by atoms with Crippen molar-refractivity contribution in [3.63, 3.8) is 0 Å².